The number of aromatic nitrogens is 5. The maximum Gasteiger partial charge on any atom is 0.226 e. The lowest BCUT2D eigenvalue weighted by Crippen LogP contribution is -2.00. The second kappa shape index (κ2) is 9.00. The number of hydrogen-bond acceptors (Lipinski definition) is 8. The summed E-state index contributed by atoms with van der Waals surface area (Å²) in [5, 5.41) is 17.5. The van der Waals surface area contributed by atoms with E-state index >= 15 is 0 Å². The molecule has 2 heterocycles. The highest BCUT2D eigenvalue weighted by Gasteiger charge is 2.18. The fourth-order valence-corrected chi connectivity index (χ4v) is 3.71. The van der Waals surface area contributed by atoms with Gasteiger partial charge in [0, 0.05) is 18.2 Å². The van der Waals surface area contributed by atoms with Crippen LogP contribution in [0, 0.1) is 6.92 Å². The van der Waals surface area contributed by atoms with Gasteiger partial charge in [-0.1, -0.05) is 23.9 Å². The molecule has 30 heavy (non-hydrogen) atoms. The monoisotopic (exact) mass is 423 g/mol. The predicted molar refractivity (Wildman–Crippen MR) is 113 cm³/mol. The van der Waals surface area contributed by atoms with Gasteiger partial charge in [-0.15, -0.1) is 20.4 Å². The molecule has 0 aliphatic rings. The molecule has 0 amide bonds. The Bertz CT molecular complexity index is 1120. The molecule has 0 saturated heterocycles. The fraction of sp³-hybridized carbons (Fsp3) is 0.238. The van der Waals surface area contributed by atoms with Crippen LogP contribution in [-0.4, -0.2) is 38.7 Å². The number of methoxy groups -OCH3 is 1. The summed E-state index contributed by atoms with van der Waals surface area (Å²) in [5.41, 5.74) is 1.82. The minimum Gasteiger partial charge on any atom is -0.497 e. The minimum atomic E-state index is 0.494. The van der Waals surface area contributed by atoms with Crippen LogP contribution < -0.4 is 9.47 Å². The Morgan fingerprint density at radius 3 is 2.53 bits per heavy atom. The van der Waals surface area contributed by atoms with Crippen LogP contribution in [0.4, 0.5) is 0 Å². The standard InChI is InChI=1S/C21H21N5O3S/c1-4-28-17-10-8-16(9-11-17)26-20(15-6-5-7-18(12-15)27-3)24-25-21(26)30-13-19-23-22-14(2)29-19/h5-12H,4,13H2,1-3H3. The van der Waals surface area contributed by atoms with Gasteiger partial charge in [-0.3, -0.25) is 4.57 Å². The zero-order valence-electron chi connectivity index (χ0n) is 16.9. The third-order valence-electron chi connectivity index (χ3n) is 4.26. The minimum absolute atomic E-state index is 0.494. The Morgan fingerprint density at radius 1 is 1.00 bits per heavy atom. The van der Waals surface area contributed by atoms with Crippen LogP contribution in [0.1, 0.15) is 18.7 Å². The number of thioether (sulfide) groups is 1. The highest BCUT2D eigenvalue weighted by Crippen LogP contribution is 2.31. The van der Waals surface area contributed by atoms with Gasteiger partial charge in [0.2, 0.25) is 11.8 Å². The van der Waals surface area contributed by atoms with Crippen molar-refractivity contribution in [3.05, 3.63) is 60.3 Å². The summed E-state index contributed by atoms with van der Waals surface area (Å²) >= 11 is 1.48. The first-order valence-corrected chi connectivity index (χ1v) is 10.4. The summed E-state index contributed by atoms with van der Waals surface area (Å²) in [7, 11) is 1.64. The Labute approximate surface area is 178 Å². The molecule has 0 radical (unpaired) electrons. The molecule has 0 spiro atoms. The average Bonchev–Trinajstić information content (AvgIpc) is 3.39. The first kappa shape index (κ1) is 20.0. The lowest BCUT2D eigenvalue weighted by atomic mass is 10.2. The molecule has 0 saturated carbocycles. The van der Waals surface area contributed by atoms with Crippen molar-refractivity contribution < 1.29 is 13.9 Å². The van der Waals surface area contributed by atoms with Gasteiger partial charge < -0.3 is 13.9 Å². The van der Waals surface area contributed by atoms with E-state index in [0.29, 0.717) is 35.1 Å². The third kappa shape index (κ3) is 4.30. The second-order valence-corrected chi connectivity index (χ2v) is 7.25. The van der Waals surface area contributed by atoms with Crippen molar-refractivity contribution in [1.29, 1.82) is 0 Å². The first-order chi connectivity index (χ1) is 14.7. The van der Waals surface area contributed by atoms with Gasteiger partial charge in [-0.25, -0.2) is 0 Å². The van der Waals surface area contributed by atoms with E-state index < -0.39 is 0 Å². The van der Waals surface area contributed by atoms with E-state index in [0.717, 1.165) is 22.7 Å². The Balaban J connectivity index is 1.73. The molecule has 9 heteroatoms. The highest BCUT2D eigenvalue weighted by molar-refractivity contribution is 7.98. The van der Waals surface area contributed by atoms with E-state index in [-0.39, 0.29) is 0 Å². The summed E-state index contributed by atoms with van der Waals surface area (Å²) in [6.45, 7) is 4.35. The molecule has 2 aromatic carbocycles. The smallest absolute Gasteiger partial charge is 0.226 e. The fourth-order valence-electron chi connectivity index (χ4n) is 2.93. The molecule has 4 aromatic rings. The number of hydrogen-bond donors (Lipinski definition) is 0. The normalized spacial score (nSPS) is 10.9. The number of nitrogens with zero attached hydrogens (tertiary/aromatic N) is 5. The third-order valence-corrected chi connectivity index (χ3v) is 5.17. The zero-order chi connectivity index (χ0) is 20.9. The molecule has 0 fully saturated rings. The van der Waals surface area contributed by atoms with Gasteiger partial charge >= 0.3 is 0 Å². The van der Waals surface area contributed by atoms with Crippen molar-refractivity contribution in [3.63, 3.8) is 0 Å². The Morgan fingerprint density at radius 2 is 1.83 bits per heavy atom. The lowest BCUT2D eigenvalue weighted by Gasteiger charge is -2.11. The van der Waals surface area contributed by atoms with Crippen molar-refractivity contribution in [2.75, 3.05) is 13.7 Å². The number of benzene rings is 2. The number of aryl methyl sites for hydroxylation is 1. The molecular weight excluding hydrogens is 402 g/mol. The van der Waals surface area contributed by atoms with Crippen LogP contribution in [0.5, 0.6) is 11.5 Å². The molecule has 0 atom stereocenters. The van der Waals surface area contributed by atoms with Crippen molar-refractivity contribution in [2.24, 2.45) is 0 Å². The van der Waals surface area contributed by atoms with Crippen molar-refractivity contribution in [3.8, 4) is 28.6 Å². The molecule has 2 aromatic heterocycles. The van der Waals surface area contributed by atoms with E-state index in [2.05, 4.69) is 20.4 Å². The van der Waals surface area contributed by atoms with Gasteiger partial charge in [-0.2, -0.15) is 0 Å². The van der Waals surface area contributed by atoms with Crippen molar-refractivity contribution >= 4 is 11.8 Å². The second-order valence-electron chi connectivity index (χ2n) is 6.30. The number of rotatable bonds is 8. The highest BCUT2D eigenvalue weighted by atomic mass is 32.2. The van der Waals surface area contributed by atoms with Gasteiger partial charge in [0.25, 0.3) is 0 Å². The van der Waals surface area contributed by atoms with Crippen LogP contribution in [0.2, 0.25) is 0 Å². The topological polar surface area (TPSA) is 88.1 Å². The average molecular weight is 423 g/mol. The quantitative estimate of drug-likeness (QED) is 0.387. The molecule has 154 valence electrons. The van der Waals surface area contributed by atoms with E-state index in [1.165, 1.54) is 11.8 Å². The van der Waals surface area contributed by atoms with Gasteiger partial charge in [0.05, 0.1) is 19.5 Å². The van der Waals surface area contributed by atoms with E-state index in [1.54, 1.807) is 14.0 Å². The lowest BCUT2D eigenvalue weighted by molar-refractivity contribution is 0.340. The van der Waals surface area contributed by atoms with Crippen LogP contribution in [0.15, 0.2) is 58.1 Å². The first-order valence-electron chi connectivity index (χ1n) is 9.42. The van der Waals surface area contributed by atoms with Crippen LogP contribution in [0.3, 0.4) is 0 Å². The van der Waals surface area contributed by atoms with E-state index in [9.17, 15) is 0 Å². The van der Waals surface area contributed by atoms with Gasteiger partial charge in [0.15, 0.2) is 11.0 Å². The molecular formula is C21H21N5O3S. The molecule has 0 bridgehead atoms. The Kier molecular flexibility index (Phi) is 5.99. The van der Waals surface area contributed by atoms with Crippen molar-refractivity contribution in [1.82, 2.24) is 25.0 Å². The summed E-state index contributed by atoms with van der Waals surface area (Å²) < 4.78 is 18.4. The van der Waals surface area contributed by atoms with Crippen LogP contribution in [-0.2, 0) is 5.75 Å². The molecule has 0 unspecified atom stereocenters. The van der Waals surface area contributed by atoms with E-state index in [1.807, 2.05) is 60.0 Å². The van der Waals surface area contributed by atoms with Gasteiger partial charge in [0.1, 0.15) is 11.5 Å². The molecule has 0 aliphatic carbocycles. The molecule has 0 N–H and O–H groups in total. The van der Waals surface area contributed by atoms with Crippen LogP contribution in [0.25, 0.3) is 17.1 Å². The van der Waals surface area contributed by atoms with Gasteiger partial charge in [-0.05, 0) is 43.3 Å². The Hall–Kier alpha value is -3.33. The molecule has 4 rings (SSSR count). The number of ether oxygens (including phenoxy) is 2. The predicted octanol–water partition coefficient (Wildman–Crippen LogP) is 4.33. The molecule has 8 nitrogen and oxygen atoms in total. The largest absolute Gasteiger partial charge is 0.497 e. The van der Waals surface area contributed by atoms with E-state index in [4.69, 9.17) is 13.9 Å². The summed E-state index contributed by atoms with van der Waals surface area (Å²) in [5.74, 6) is 3.85. The maximum atomic E-state index is 5.57. The SMILES string of the molecule is CCOc1ccc(-n2c(SCc3nnc(C)o3)nnc2-c2cccc(OC)c2)cc1. The molecule has 0 aliphatic heterocycles. The van der Waals surface area contributed by atoms with Crippen LogP contribution >= 0.6 is 11.8 Å². The summed E-state index contributed by atoms with van der Waals surface area (Å²) in [6, 6.07) is 15.6. The maximum absolute atomic E-state index is 5.57. The summed E-state index contributed by atoms with van der Waals surface area (Å²) in [6.07, 6.45) is 0. The zero-order valence-corrected chi connectivity index (χ0v) is 17.7. The van der Waals surface area contributed by atoms with Crippen molar-refractivity contribution in [2.45, 2.75) is 24.8 Å². The summed E-state index contributed by atoms with van der Waals surface area (Å²) in [4.78, 5) is 0.